The Morgan fingerprint density at radius 2 is 1.89 bits per heavy atom. The van der Waals surface area contributed by atoms with E-state index in [1.807, 2.05) is 4.90 Å². The van der Waals surface area contributed by atoms with Gasteiger partial charge in [0.25, 0.3) is 0 Å². The largest absolute Gasteiger partial charge is 0.341 e. The molecule has 1 amide bonds. The topological polar surface area (TPSA) is 46.3 Å². The van der Waals surface area contributed by atoms with Crippen LogP contribution < -0.4 is 5.73 Å². The number of nitrogens with zero attached hydrogens (tertiary/aromatic N) is 1. The van der Waals surface area contributed by atoms with Crippen molar-refractivity contribution in [3.63, 3.8) is 0 Å². The standard InChI is InChI=1S/C15H28N2O/c16-14-9-5-11-17(12-14)15(18)10-4-8-13-6-2-1-3-7-13/h13-14H,1-12,16H2. The molecule has 0 aromatic heterocycles. The van der Waals surface area contributed by atoms with Gasteiger partial charge in [0.05, 0.1) is 0 Å². The molecule has 1 atom stereocenters. The molecule has 2 fully saturated rings. The molecule has 2 rings (SSSR count). The molecule has 104 valence electrons. The highest BCUT2D eigenvalue weighted by atomic mass is 16.2. The Kier molecular flexibility index (Phi) is 5.48. The lowest BCUT2D eigenvalue weighted by atomic mass is 9.86. The van der Waals surface area contributed by atoms with Crippen molar-refractivity contribution in [3.05, 3.63) is 0 Å². The SMILES string of the molecule is NC1CCCN(C(=O)CCCC2CCCCC2)C1. The second-order valence-corrected chi connectivity index (χ2v) is 6.14. The Bertz CT molecular complexity index is 261. The third kappa shape index (κ3) is 4.27. The lowest BCUT2D eigenvalue weighted by molar-refractivity contribution is -0.132. The van der Waals surface area contributed by atoms with Crippen LogP contribution in [-0.2, 0) is 4.79 Å². The van der Waals surface area contributed by atoms with E-state index in [0.717, 1.165) is 44.7 Å². The van der Waals surface area contributed by atoms with Crippen molar-refractivity contribution in [2.75, 3.05) is 13.1 Å². The van der Waals surface area contributed by atoms with E-state index in [9.17, 15) is 4.79 Å². The maximum atomic E-state index is 12.1. The van der Waals surface area contributed by atoms with Crippen LogP contribution in [0.1, 0.15) is 64.2 Å². The molecule has 1 heterocycles. The Morgan fingerprint density at radius 1 is 1.11 bits per heavy atom. The highest BCUT2D eigenvalue weighted by molar-refractivity contribution is 5.76. The number of likely N-dealkylation sites (tertiary alicyclic amines) is 1. The number of rotatable bonds is 4. The van der Waals surface area contributed by atoms with E-state index in [1.165, 1.54) is 38.5 Å². The summed E-state index contributed by atoms with van der Waals surface area (Å²) < 4.78 is 0. The minimum Gasteiger partial charge on any atom is -0.341 e. The molecule has 3 heteroatoms. The second-order valence-electron chi connectivity index (χ2n) is 6.14. The first-order chi connectivity index (χ1) is 8.75. The lowest BCUT2D eigenvalue weighted by Gasteiger charge is -2.31. The van der Waals surface area contributed by atoms with Crippen molar-refractivity contribution < 1.29 is 4.79 Å². The highest BCUT2D eigenvalue weighted by Crippen LogP contribution is 2.27. The first-order valence-electron chi connectivity index (χ1n) is 7.79. The number of nitrogens with two attached hydrogens (primary N) is 1. The van der Waals surface area contributed by atoms with Gasteiger partial charge in [-0.3, -0.25) is 4.79 Å². The van der Waals surface area contributed by atoms with E-state index < -0.39 is 0 Å². The van der Waals surface area contributed by atoms with Gasteiger partial charge >= 0.3 is 0 Å². The van der Waals surface area contributed by atoms with Gasteiger partial charge in [-0.15, -0.1) is 0 Å². The number of carbonyl (C=O) groups excluding carboxylic acids is 1. The Labute approximate surface area is 111 Å². The van der Waals surface area contributed by atoms with Gasteiger partial charge in [0.15, 0.2) is 0 Å². The number of amides is 1. The van der Waals surface area contributed by atoms with E-state index >= 15 is 0 Å². The molecular weight excluding hydrogens is 224 g/mol. The lowest BCUT2D eigenvalue weighted by Crippen LogP contribution is -2.45. The summed E-state index contributed by atoms with van der Waals surface area (Å²) >= 11 is 0. The fraction of sp³-hybridized carbons (Fsp3) is 0.933. The van der Waals surface area contributed by atoms with Crippen molar-refractivity contribution in [2.24, 2.45) is 11.7 Å². The van der Waals surface area contributed by atoms with Gasteiger partial charge in [-0.25, -0.2) is 0 Å². The third-order valence-electron chi connectivity index (χ3n) is 4.54. The fourth-order valence-corrected chi connectivity index (χ4v) is 3.41. The molecule has 0 aromatic carbocycles. The van der Waals surface area contributed by atoms with Crippen LogP contribution in [0.25, 0.3) is 0 Å². The van der Waals surface area contributed by atoms with Crippen LogP contribution in [0.15, 0.2) is 0 Å². The number of piperidine rings is 1. The quantitative estimate of drug-likeness (QED) is 0.836. The maximum Gasteiger partial charge on any atom is 0.222 e. The molecule has 3 nitrogen and oxygen atoms in total. The molecule has 2 N–H and O–H groups in total. The summed E-state index contributed by atoms with van der Waals surface area (Å²) in [6.07, 6.45) is 12.2. The summed E-state index contributed by atoms with van der Waals surface area (Å²) in [5.41, 5.74) is 5.91. The molecule has 2 aliphatic rings. The first-order valence-corrected chi connectivity index (χ1v) is 7.79. The third-order valence-corrected chi connectivity index (χ3v) is 4.54. The number of carbonyl (C=O) groups is 1. The predicted octanol–water partition coefficient (Wildman–Crippen LogP) is 2.69. The average molecular weight is 252 g/mol. The maximum absolute atomic E-state index is 12.1. The molecule has 0 aromatic rings. The predicted molar refractivity (Wildman–Crippen MR) is 74.2 cm³/mol. The molecule has 1 aliphatic heterocycles. The Morgan fingerprint density at radius 3 is 2.61 bits per heavy atom. The van der Waals surface area contributed by atoms with Crippen LogP contribution in [-0.4, -0.2) is 29.9 Å². The van der Waals surface area contributed by atoms with Gasteiger partial charge in [0.2, 0.25) is 5.91 Å². The fourth-order valence-electron chi connectivity index (χ4n) is 3.41. The molecule has 1 saturated carbocycles. The van der Waals surface area contributed by atoms with Crippen LogP contribution in [0.3, 0.4) is 0 Å². The number of hydrogen-bond donors (Lipinski definition) is 1. The van der Waals surface area contributed by atoms with Crippen LogP contribution in [0.4, 0.5) is 0 Å². The monoisotopic (exact) mass is 252 g/mol. The van der Waals surface area contributed by atoms with Gasteiger partial charge < -0.3 is 10.6 Å². The molecule has 0 bridgehead atoms. The van der Waals surface area contributed by atoms with Gasteiger partial charge in [0.1, 0.15) is 0 Å². The molecule has 18 heavy (non-hydrogen) atoms. The summed E-state index contributed by atoms with van der Waals surface area (Å²) in [5.74, 6) is 1.23. The van der Waals surface area contributed by atoms with Crippen molar-refractivity contribution in [1.82, 2.24) is 4.90 Å². The van der Waals surface area contributed by atoms with Gasteiger partial charge in [-0.05, 0) is 31.6 Å². The minimum atomic E-state index is 0.209. The molecule has 1 aliphatic carbocycles. The van der Waals surface area contributed by atoms with E-state index in [1.54, 1.807) is 0 Å². The average Bonchev–Trinajstić information content (AvgIpc) is 2.40. The van der Waals surface area contributed by atoms with E-state index in [0.29, 0.717) is 5.91 Å². The van der Waals surface area contributed by atoms with Gasteiger partial charge in [-0.2, -0.15) is 0 Å². The van der Waals surface area contributed by atoms with Crippen molar-refractivity contribution in [1.29, 1.82) is 0 Å². The van der Waals surface area contributed by atoms with Crippen molar-refractivity contribution in [3.8, 4) is 0 Å². The van der Waals surface area contributed by atoms with E-state index in [2.05, 4.69) is 0 Å². The number of hydrogen-bond acceptors (Lipinski definition) is 2. The zero-order valence-corrected chi connectivity index (χ0v) is 11.6. The Balaban J connectivity index is 1.61. The summed E-state index contributed by atoms with van der Waals surface area (Å²) in [7, 11) is 0. The Hall–Kier alpha value is -0.570. The molecular formula is C15H28N2O. The van der Waals surface area contributed by atoms with Crippen LogP contribution in [0.5, 0.6) is 0 Å². The smallest absolute Gasteiger partial charge is 0.222 e. The molecule has 1 unspecified atom stereocenters. The van der Waals surface area contributed by atoms with E-state index in [4.69, 9.17) is 5.73 Å². The van der Waals surface area contributed by atoms with Gasteiger partial charge in [0, 0.05) is 25.6 Å². The summed E-state index contributed by atoms with van der Waals surface area (Å²) in [6, 6.07) is 0.209. The van der Waals surface area contributed by atoms with Crippen LogP contribution >= 0.6 is 0 Å². The van der Waals surface area contributed by atoms with Crippen molar-refractivity contribution >= 4 is 5.91 Å². The second kappa shape index (κ2) is 7.13. The normalized spacial score (nSPS) is 26.3. The van der Waals surface area contributed by atoms with Crippen LogP contribution in [0.2, 0.25) is 0 Å². The first kappa shape index (κ1) is 13.9. The van der Waals surface area contributed by atoms with Crippen LogP contribution in [0, 0.1) is 5.92 Å². The summed E-state index contributed by atoms with van der Waals surface area (Å²) in [4.78, 5) is 14.0. The molecule has 0 radical (unpaired) electrons. The van der Waals surface area contributed by atoms with Gasteiger partial charge in [-0.1, -0.05) is 32.1 Å². The zero-order valence-electron chi connectivity index (χ0n) is 11.6. The summed E-state index contributed by atoms with van der Waals surface area (Å²) in [5, 5.41) is 0. The van der Waals surface area contributed by atoms with E-state index in [-0.39, 0.29) is 6.04 Å². The van der Waals surface area contributed by atoms with Crippen molar-refractivity contribution in [2.45, 2.75) is 70.3 Å². The minimum absolute atomic E-state index is 0.209. The zero-order chi connectivity index (χ0) is 12.8. The molecule has 1 saturated heterocycles. The highest BCUT2D eigenvalue weighted by Gasteiger charge is 2.21. The summed E-state index contributed by atoms with van der Waals surface area (Å²) in [6.45, 7) is 1.71. The molecule has 0 spiro atoms.